The van der Waals surface area contributed by atoms with Crippen LogP contribution in [0, 0.1) is 5.92 Å². The van der Waals surface area contributed by atoms with Crippen molar-refractivity contribution in [1.29, 1.82) is 0 Å². The highest BCUT2D eigenvalue weighted by Crippen LogP contribution is 2.06. The molecule has 1 aromatic carbocycles. The number of aliphatic carboxylic acids is 1. The Hall–Kier alpha value is -3.47. The summed E-state index contributed by atoms with van der Waals surface area (Å²) in [6, 6.07) is 4.70. The van der Waals surface area contributed by atoms with Crippen molar-refractivity contribution in [2.75, 3.05) is 0 Å². The molecular weight excluding hydrogens is 430 g/mol. The molecule has 4 atom stereocenters. The fraction of sp³-hybridized carbons (Fsp3) is 0.500. The molecule has 0 heterocycles. The summed E-state index contributed by atoms with van der Waals surface area (Å²) in [5.74, 6) is -4.08. The second-order valence-electron chi connectivity index (χ2n) is 8.16. The van der Waals surface area contributed by atoms with E-state index in [2.05, 4.69) is 16.0 Å². The Morgan fingerprint density at radius 2 is 1.45 bits per heavy atom. The van der Waals surface area contributed by atoms with Crippen LogP contribution in [-0.2, 0) is 30.4 Å². The second-order valence-corrected chi connectivity index (χ2v) is 8.16. The van der Waals surface area contributed by atoms with Gasteiger partial charge < -0.3 is 32.5 Å². The minimum atomic E-state index is -1.34. The van der Waals surface area contributed by atoms with E-state index in [1.165, 1.54) is 6.92 Å². The third-order valence-electron chi connectivity index (χ3n) is 4.98. The summed E-state index contributed by atoms with van der Waals surface area (Å²) < 4.78 is 0. The zero-order valence-corrected chi connectivity index (χ0v) is 19.0. The molecule has 1 aromatic rings. The number of hydrogen-bond donors (Lipinski definition) is 6. The standard InChI is InChI=1S/C22H33N5O6/c1-12(2)18(24)21(31)27-16(11-14-7-5-4-6-8-14)20(30)25-13(3)19(29)26-15(22(32)33)9-10-17(23)28/h4-8,12-13,15-16,18H,9-11,24H2,1-3H3,(H2,23,28)(H,25,30)(H,26,29)(H,27,31)(H,32,33). The van der Waals surface area contributed by atoms with Gasteiger partial charge in [-0.15, -0.1) is 0 Å². The van der Waals surface area contributed by atoms with E-state index >= 15 is 0 Å². The summed E-state index contributed by atoms with van der Waals surface area (Å²) in [6.07, 6.45) is -0.246. The van der Waals surface area contributed by atoms with Gasteiger partial charge in [-0.3, -0.25) is 19.2 Å². The molecule has 11 nitrogen and oxygen atoms in total. The Bertz CT molecular complexity index is 845. The van der Waals surface area contributed by atoms with Crippen LogP contribution >= 0.6 is 0 Å². The molecule has 0 aliphatic carbocycles. The highest BCUT2D eigenvalue weighted by molar-refractivity contribution is 5.94. The minimum absolute atomic E-state index is 0.150. The maximum Gasteiger partial charge on any atom is 0.326 e. The monoisotopic (exact) mass is 463 g/mol. The predicted molar refractivity (Wildman–Crippen MR) is 120 cm³/mol. The average molecular weight is 464 g/mol. The van der Waals surface area contributed by atoms with Crippen LogP contribution in [0.3, 0.4) is 0 Å². The number of carbonyl (C=O) groups is 5. The van der Waals surface area contributed by atoms with Crippen LogP contribution in [0.4, 0.5) is 0 Å². The molecule has 0 saturated heterocycles. The Balaban J connectivity index is 2.88. The molecule has 4 unspecified atom stereocenters. The van der Waals surface area contributed by atoms with E-state index in [1.54, 1.807) is 38.1 Å². The van der Waals surface area contributed by atoms with E-state index in [0.717, 1.165) is 5.56 Å². The molecule has 4 amide bonds. The van der Waals surface area contributed by atoms with Gasteiger partial charge in [0.2, 0.25) is 23.6 Å². The first-order valence-corrected chi connectivity index (χ1v) is 10.6. The lowest BCUT2D eigenvalue weighted by molar-refractivity contribution is -0.142. The van der Waals surface area contributed by atoms with Crippen LogP contribution in [0.1, 0.15) is 39.2 Å². The summed E-state index contributed by atoms with van der Waals surface area (Å²) in [5, 5.41) is 16.6. The average Bonchev–Trinajstić information content (AvgIpc) is 2.75. The van der Waals surface area contributed by atoms with E-state index in [-0.39, 0.29) is 25.2 Å². The first kappa shape index (κ1) is 27.6. The molecule has 11 heteroatoms. The van der Waals surface area contributed by atoms with E-state index < -0.39 is 53.8 Å². The molecule has 0 radical (unpaired) electrons. The van der Waals surface area contributed by atoms with Crippen LogP contribution in [0.25, 0.3) is 0 Å². The van der Waals surface area contributed by atoms with Gasteiger partial charge in [0, 0.05) is 12.8 Å². The normalized spacial score (nSPS) is 14.5. The zero-order valence-electron chi connectivity index (χ0n) is 19.0. The molecule has 8 N–H and O–H groups in total. The van der Waals surface area contributed by atoms with E-state index in [1.807, 2.05) is 6.07 Å². The van der Waals surface area contributed by atoms with Gasteiger partial charge in [0.15, 0.2) is 0 Å². The molecule has 0 spiro atoms. The number of carboxylic acids is 1. The van der Waals surface area contributed by atoms with Gasteiger partial charge in [-0.2, -0.15) is 0 Å². The Labute approximate surface area is 192 Å². The van der Waals surface area contributed by atoms with Crippen molar-refractivity contribution in [3.63, 3.8) is 0 Å². The predicted octanol–water partition coefficient (Wildman–Crippen LogP) is -0.963. The first-order valence-electron chi connectivity index (χ1n) is 10.6. The molecule has 0 fully saturated rings. The van der Waals surface area contributed by atoms with Gasteiger partial charge in [0.05, 0.1) is 6.04 Å². The quantitative estimate of drug-likeness (QED) is 0.217. The molecule has 33 heavy (non-hydrogen) atoms. The molecule has 0 aromatic heterocycles. The molecule has 182 valence electrons. The SMILES string of the molecule is CC(NC(=O)C(Cc1ccccc1)NC(=O)C(N)C(C)C)C(=O)NC(CCC(N)=O)C(=O)O. The maximum atomic E-state index is 12.9. The Kier molecular flexibility index (Phi) is 11.0. The first-order chi connectivity index (χ1) is 15.4. The van der Waals surface area contributed by atoms with E-state index in [9.17, 15) is 29.1 Å². The summed E-state index contributed by atoms with van der Waals surface area (Å²) in [7, 11) is 0. The van der Waals surface area contributed by atoms with Crippen molar-refractivity contribution in [1.82, 2.24) is 16.0 Å². The Morgan fingerprint density at radius 3 is 1.97 bits per heavy atom. The van der Waals surface area contributed by atoms with Crippen molar-refractivity contribution in [3.05, 3.63) is 35.9 Å². The molecular formula is C22H33N5O6. The molecule has 1 rings (SSSR count). The van der Waals surface area contributed by atoms with Crippen LogP contribution in [0.15, 0.2) is 30.3 Å². The third kappa shape index (κ3) is 9.69. The fourth-order valence-corrected chi connectivity index (χ4v) is 2.85. The van der Waals surface area contributed by atoms with Crippen LogP contribution in [0.5, 0.6) is 0 Å². The van der Waals surface area contributed by atoms with Crippen molar-refractivity contribution in [2.45, 2.75) is 64.2 Å². The summed E-state index contributed by atoms with van der Waals surface area (Å²) in [4.78, 5) is 60.0. The summed E-state index contributed by atoms with van der Waals surface area (Å²) in [6.45, 7) is 4.93. The van der Waals surface area contributed by atoms with E-state index in [0.29, 0.717) is 0 Å². The molecule has 0 aliphatic rings. The van der Waals surface area contributed by atoms with Gasteiger partial charge in [0.1, 0.15) is 18.1 Å². The Morgan fingerprint density at radius 1 is 0.879 bits per heavy atom. The topological polar surface area (TPSA) is 194 Å². The number of hydrogen-bond acceptors (Lipinski definition) is 6. The summed E-state index contributed by atoms with van der Waals surface area (Å²) >= 11 is 0. The number of nitrogens with one attached hydrogen (secondary N) is 3. The third-order valence-corrected chi connectivity index (χ3v) is 4.98. The summed E-state index contributed by atoms with van der Waals surface area (Å²) in [5.41, 5.74) is 11.7. The number of carbonyl (C=O) groups excluding carboxylic acids is 4. The van der Waals surface area contributed by atoms with Crippen molar-refractivity contribution < 1.29 is 29.1 Å². The number of benzene rings is 1. The van der Waals surface area contributed by atoms with Crippen LogP contribution in [0.2, 0.25) is 0 Å². The zero-order chi connectivity index (χ0) is 25.1. The van der Waals surface area contributed by atoms with Crippen molar-refractivity contribution >= 4 is 29.6 Å². The largest absolute Gasteiger partial charge is 0.480 e. The number of nitrogens with two attached hydrogens (primary N) is 2. The molecule has 0 bridgehead atoms. The van der Waals surface area contributed by atoms with Crippen molar-refractivity contribution in [2.24, 2.45) is 17.4 Å². The van der Waals surface area contributed by atoms with Gasteiger partial charge in [0.25, 0.3) is 0 Å². The number of carboxylic acid groups (broad SMARTS) is 1. The number of rotatable bonds is 13. The second kappa shape index (κ2) is 13.2. The smallest absolute Gasteiger partial charge is 0.326 e. The van der Waals surface area contributed by atoms with E-state index in [4.69, 9.17) is 11.5 Å². The number of amides is 4. The van der Waals surface area contributed by atoms with Gasteiger partial charge >= 0.3 is 5.97 Å². The van der Waals surface area contributed by atoms with Crippen LogP contribution < -0.4 is 27.4 Å². The van der Waals surface area contributed by atoms with Crippen molar-refractivity contribution in [3.8, 4) is 0 Å². The van der Waals surface area contributed by atoms with Gasteiger partial charge in [-0.05, 0) is 24.8 Å². The highest BCUT2D eigenvalue weighted by Gasteiger charge is 2.29. The fourth-order valence-electron chi connectivity index (χ4n) is 2.85. The molecule has 0 saturated carbocycles. The number of primary amides is 1. The lowest BCUT2D eigenvalue weighted by Crippen LogP contribution is -2.57. The van der Waals surface area contributed by atoms with Gasteiger partial charge in [-0.25, -0.2) is 4.79 Å². The van der Waals surface area contributed by atoms with Gasteiger partial charge in [-0.1, -0.05) is 44.2 Å². The highest BCUT2D eigenvalue weighted by atomic mass is 16.4. The molecule has 0 aliphatic heterocycles. The lowest BCUT2D eigenvalue weighted by atomic mass is 10.0. The maximum absolute atomic E-state index is 12.9. The lowest BCUT2D eigenvalue weighted by Gasteiger charge is -2.24. The van der Waals surface area contributed by atoms with Crippen LogP contribution in [-0.4, -0.2) is 58.9 Å². The minimum Gasteiger partial charge on any atom is -0.480 e.